The lowest BCUT2D eigenvalue weighted by Crippen LogP contribution is -2.60. The minimum atomic E-state index is -1.62. The third-order valence-corrected chi connectivity index (χ3v) is 17.3. The first-order chi connectivity index (χ1) is 44.0. The molecule has 16 N–H and O–H groups in total. The second kappa shape index (κ2) is 60.3. The van der Waals surface area contributed by atoms with Crippen LogP contribution in [0.25, 0.3) is 0 Å². The van der Waals surface area contributed by atoms with E-state index in [2.05, 4.69) is 45.7 Å². The van der Waals surface area contributed by atoms with E-state index in [1.807, 2.05) is 0 Å². The number of carboxylic acids is 1. The standard InChI is InChI=1S/C67H128N10O13S/c1-4-6-8-10-12-14-16-18-20-22-24-26-28-42-60(80)89-49-53(90-61(81)43-29-27-25-23-21-19-17-15-13-11-9-7-5-2)50-91-51-59(72-52(3)79)66(86)77-58(48-78)65(85)75-55(39-31-35-45-69)63(83)73-54(38-30-34-44-68)62(82)74-56(40-32-36-46-70)64(84)76-57(67(87)88)41-33-37-47-71/h53-59,78H,4-51,68-71H2,1-3H3,(H,72,79)(H,73,83)(H,74,82)(H,75,85)(H,76,84)(H,77,86)(H,87,88)/t53-,54+,55+,56+,57+,58-,59-/m1/s1. The molecule has 0 aliphatic rings. The van der Waals surface area contributed by atoms with E-state index in [0.29, 0.717) is 77.3 Å². The van der Waals surface area contributed by atoms with Crippen LogP contribution in [0.4, 0.5) is 0 Å². The monoisotopic (exact) mass is 1310 g/mol. The van der Waals surface area contributed by atoms with Crippen molar-refractivity contribution in [1.82, 2.24) is 31.9 Å². The van der Waals surface area contributed by atoms with Gasteiger partial charge in [-0.05, 0) is 116 Å². The SMILES string of the molecule is CCCCCCCCCCCCCCCC(=O)OC[C@H](CSC[C@@H](NC(C)=O)C(=O)N[C@H](CO)C(=O)N[C@@H](CCCCN)C(=O)N[C@@H](CCCCN)C(=O)N[C@@H](CCCCN)C(=O)N[C@@H](CCCCN)C(=O)O)OC(=O)CCCCCCCCCCCCCCC. The van der Waals surface area contributed by atoms with Gasteiger partial charge in [-0.15, -0.1) is 0 Å². The molecule has 24 heteroatoms. The molecule has 0 aromatic rings. The Balaban J connectivity index is 6.09. The summed E-state index contributed by atoms with van der Waals surface area (Å²) in [7, 11) is 0. The number of ether oxygens (including phenoxy) is 2. The number of esters is 2. The average molecular weight is 1310 g/mol. The summed E-state index contributed by atoms with van der Waals surface area (Å²) in [5.41, 5.74) is 22.9. The van der Waals surface area contributed by atoms with E-state index in [1.165, 1.54) is 122 Å². The Labute approximate surface area is 551 Å². The highest BCUT2D eigenvalue weighted by Crippen LogP contribution is 2.18. The number of carbonyl (C=O) groups is 9. The van der Waals surface area contributed by atoms with Gasteiger partial charge in [0.05, 0.1) is 6.61 Å². The maximum atomic E-state index is 14.2. The van der Waals surface area contributed by atoms with E-state index in [9.17, 15) is 53.4 Å². The Hall–Kier alpha value is -4.62. The van der Waals surface area contributed by atoms with Crippen LogP contribution in [-0.4, -0.2) is 157 Å². The molecule has 0 heterocycles. The number of hydrogen-bond acceptors (Lipinski definition) is 17. The average Bonchev–Trinajstić information content (AvgIpc) is 1.57. The highest BCUT2D eigenvalue weighted by molar-refractivity contribution is 7.99. The van der Waals surface area contributed by atoms with Crippen LogP contribution in [0.2, 0.25) is 0 Å². The normalized spacial score (nSPS) is 13.6. The number of aliphatic hydroxyl groups is 1. The molecule has 0 radical (unpaired) electrons. The van der Waals surface area contributed by atoms with Crippen molar-refractivity contribution in [2.75, 3.05) is 50.9 Å². The van der Waals surface area contributed by atoms with Crippen molar-refractivity contribution in [3.63, 3.8) is 0 Å². The van der Waals surface area contributed by atoms with E-state index in [1.54, 1.807) is 0 Å². The van der Waals surface area contributed by atoms with Crippen LogP contribution in [0, 0.1) is 0 Å². The first-order valence-corrected chi connectivity index (χ1v) is 36.5. The Kier molecular flexibility index (Phi) is 57.3. The van der Waals surface area contributed by atoms with E-state index >= 15 is 0 Å². The van der Waals surface area contributed by atoms with Crippen LogP contribution >= 0.6 is 11.8 Å². The lowest BCUT2D eigenvalue weighted by Gasteiger charge is -2.27. The zero-order chi connectivity index (χ0) is 67.5. The van der Waals surface area contributed by atoms with Crippen molar-refractivity contribution < 1.29 is 62.8 Å². The van der Waals surface area contributed by atoms with Crippen LogP contribution in [0.5, 0.6) is 0 Å². The minimum Gasteiger partial charge on any atom is -0.480 e. The Morgan fingerprint density at radius 2 is 0.681 bits per heavy atom. The lowest BCUT2D eigenvalue weighted by atomic mass is 10.0. The van der Waals surface area contributed by atoms with E-state index in [-0.39, 0.29) is 69.7 Å². The zero-order valence-corrected chi connectivity index (χ0v) is 57.4. The zero-order valence-electron chi connectivity index (χ0n) is 56.6. The molecule has 6 amide bonds. The van der Waals surface area contributed by atoms with Crippen molar-refractivity contribution in [3.05, 3.63) is 0 Å². The van der Waals surface area contributed by atoms with Gasteiger partial charge >= 0.3 is 17.9 Å². The first-order valence-electron chi connectivity index (χ1n) is 35.4. The number of nitrogens with two attached hydrogens (primary N) is 4. The summed E-state index contributed by atoms with van der Waals surface area (Å²) < 4.78 is 11.5. The van der Waals surface area contributed by atoms with Gasteiger partial charge in [0.2, 0.25) is 35.4 Å². The fourth-order valence-electron chi connectivity index (χ4n) is 10.5. The first kappa shape index (κ1) is 86.4. The van der Waals surface area contributed by atoms with Crippen LogP contribution in [-0.2, 0) is 52.6 Å². The van der Waals surface area contributed by atoms with Gasteiger partial charge in [0.15, 0.2) is 0 Å². The summed E-state index contributed by atoms with van der Waals surface area (Å²) in [4.78, 5) is 121. The Morgan fingerprint density at radius 3 is 1.02 bits per heavy atom. The number of unbranched alkanes of at least 4 members (excludes halogenated alkanes) is 28. The summed E-state index contributed by atoms with van der Waals surface area (Å²) in [5.74, 6) is -6.67. The molecule has 0 rings (SSSR count). The van der Waals surface area contributed by atoms with Gasteiger partial charge < -0.3 is 74.5 Å². The summed E-state index contributed by atoms with van der Waals surface area (Å²) >= 11 is 1.15. The highest BCUT2D eigenvalue weighted by atomic mass is 32.2. The molecular formula is C67H128N10O13S. The molecule has 0 aromatic heterocycles. The van der Waals surface area contributed by atoms with Crippen LogP contribution < -0.4 is 54.8 Å². The van der Waals surface area contributed by atoms with Crippen LogP contribution in [0.1, 0.15) is 278 Å². The molecular weight excluding hydrogens is 1180 g/mol. The molecule has 0 aliphatic heterocycles. The molecule has 23 nitrogen and oxygen atoms in total. The number of aliphatic carboxylic acids is 1. The molecule has 7 atom stereocenters. The van der Waals surface area contributed by atoms with Crippen molar-refractivity contribution in [2.24, 2.45) is 22.9 Å². The molecule has 91 heavy (non-hydrogen) atoms. The van der Waals surface area contributed by atoms with E-state index < -0.39 is 102 Å². The molecule has 530 valence electrons. The summed E-state index contributed by atoms with van der Waals surface area (Å²) in [6, 6.07) is -7.84. The number of amides is 6. The molecule has 0 aromatic carbocycles. The molecule has 0 fully saturated rings. The number of nitrogens with one attached hydrogen (secondary N) is 6. The molecule has 0 unspecified atom stereocenters. The number of aliphatic hydroxyl groups excluding tert-OH is 1. The number of rotatable bonds is 64. The lowest BCUT2D eigenvalue weighted by molar-refractivity contribution is -0.157. The van der Waals surface area contributed by atoms with E-state index in [4.69, 9.17) is 32.4 Å². The summed E-state index contributed by atoms with van der Waals surface area (Å²) in [5, 5.41) is 36.0. The molecule has 0 saturated carbocycles. The smallest absolute Gasteiger partial charge is 0.326 e. The fourth-order valence-corrected chi connectivity index (χ4v) is 11.6. The highest BCUT2D eigenvalue weighted by Gasteiger charge is 2.33. The molecule has 0 aliphatic carbocycles. The van der Waals surface area contributed by atoms with Gasteiger partial charge in [-0.1, -0.05) is 168 Å². The van der Waals surface area contributed by atoms with Gasteiger partial charge in [-0.25, -0.2) is 4.79 Å². The Morgan fingerprint density at radius 1 is 0.374 bits per heavy atom. The largest absolute Gasteiger partial charge is 0.480 e. The number of carbonyl (C=O) groups excluding carboxylic acids is 8. The van der Waals surface area contributed by atoms with Gasteiger partial charge in [-0.2, -0.15) is 11.8 Å². The number of carboxylic acid groups (broad SMARTS) is 1. The summed E-state index contributed by atoms with van der Waals surface area (Å²) in [6.07, 6.45) is 33.8. The molecule has 0 saturated heterocycles. The minimum absolute atomic E-state index is 0.0356. The van der Waals surface area contributed by atoms with Crippen molar-refractivity contribution in [1.29, 1.82) is 0 Å². The van der Waals surface area contributed by atoms with Crippen molar-refractivity contribution in [2.45, 2.75) is 320 Å². The number of thioether (sulfide) groups is 1. The Bertz CT molecular complexity index is 1930. The summed E-state index contributed by atoms with van der Waals surface area (Å²) in [6.45, 7) is 5.76. The van der Waals surface area contributed by atoms with Gasteiger partial charge in [0.25, 0.3) is 0 Å². The van der Waals surface area contributed by atoms with Crippen LogP contribution in [0.3, 0.4) is 0 Å². The van der Waals surface area contributed by atoms with Gasteiger partial charge in [0.1, 0.15) is 49.0 Å². The number of hydrogen-bond donors (Lipinski definition) is 12. The van der Waals surface area contributed by atoms with Crippen molar-refractivity contribution >= 4 is 65.1 Å². The third kappa shape index (κ3) is 48.7. The van der Waals surface area contributed by atoms with Gasteiger partial charge in [-0.3, -0.25) is 38.4 Å². The second-order valence-corrected chi connectivity index (χ2v) is 25.6. The third-order valence-electron chi connectivity index (χ3n) is 16.1. The maximum absolute atomic E-state index is 14.2. The van der Waals surface area contributed by atoms with Crippen LogP contribution in [0.15, 0.2) is 0 Å². The predicted molar refractivity (Wildman–Crippen MR) is 362 cm³/mol. The van der Waals surface area contributed by atoms with Gasteiger partial charge in [0, 0.05) is 31.3 Å². The van der Waals surface area contributed by atoms with Crippen molar-refractivity contribution in [3.8, 4) is 0 Å². The maximum Gasteiger partial charge on any atom is 0.326 e. The van der Waals surface area contributed by atoms with E-state index in [0.717, 1.165) is 50.3 Å². The fraction of sp³-hybridized carbons (Fsp3) is 0.866. The topological polar surface area (TPSA) is 389 Å². The molecule has 0 bridgehead atoms. The predicted octanol–water partition coefficient (Wildman–Crippen LogP) is 7.66. The molecule has 0 spiro atoms. The quantitative estimate of drug-likeness (QED) is 0.0205. The second-order valence-electron chi connectivity index (χ2n) is 24.5.